The fourth-order valence-corrected chi connectivity index (χ4v) is 2.90. The van der Waals surface area contributed by atoms with Gasteiger partial charge in [0.25, 0.3) is 0 Å². The maximum Gasteiger partial charge on any atom is 0.191 e. The van der Waals surface area contributed by atoms with Crippen molar-refractivity contribution in [2.45, 2.75) is 26.8 Å². The van der Waals surface area contributed by atoms with Crippen LogP contribution < -0.4 is 10.6 Å². The summed E-state index contributed by atoms with van der Waals surface area (Å²) in [4.78, 5) is 6.68. The topological polar surface area (TPSA) is 57.5 Å². The van der Waals surface area contributed by atoms with E-state index in [1.54, 1.807) is 0 Å². The molecule has 1 aliphatic rings. The summed E-state index contributed by atoms with van der Waals surface area (Å²) in [6, 6.07) is 0. The Labute approximate surface area is 127 Å². The lowest BCUT2D eigenvalue weighted by Crippen LogP contribution is -2.40. The predicted octanol–water partition coefficient (Wildman–Crippen LogP) is 0.654. The van der Waals surface area contributed by atoms with Gasteiger partial charge in [-0.3, -0.25) is 9.67 Å². The van der Waals surface area contributed by atoms with E-state index < -0.39 is 0 Å². The highest BCUT2D eigenvalue weighted by Crippen LogP contribution is 2.13. The Morgan fingerprint density at radius 2 is 2.10 bits per heavy atom. The number of aromatic nitrogens is 2. The standard InChI is InChI=1S/C15H28N6/c1-11-14(12(2)21(5)19-11)9-18-15(16-3)17-8-13-6-7-20(4)10-13/h13H,6-10H2,1-5H3,(H2,16,17,18). The van der Waals surface area contributed by atoms with Gasteiger partial charge in [0.05, 0.1) is 5.69 Å². The third-order valence-electron chi connectivity index (χ3n) is 4.36. The van der Waals surface area contributed by atoms with Crippen molar-refractivity contribution in [2.75, 3.05) is 33.7 Å². The summed E-state index contributed by atoms with van der Waals surface area (Å²) in [5.74, 6) is 1.59. The van der Waals surface area contributed by atoms with Crippen LogP contribution in [-0.4, -0.2) is 54.4 Å². The van der Waals surface area contributed by atoms with Crippen molar-refractivity contribution in [1.29, 1.82) is 0 Å². The van der Waals surface area contributed by atoms with Crippen molar-refractivity contribution in [3.8, 4) is 0 Å². The number of nitrogens with zero attached hydrogens (tertiary/aromatic N) is 4. The number of aliphatic imine (C=N–C) groups is 1. The molecular weight excluding hydrogens is 264 g/mol. The third-order valence-corrected chi connectivity index (χ3v) is 4.36. The molecule has 1 aliphatic heterocycles. The maximum absolute atomic E-state index is 4.44. The monoisotopic (exact) mass is 292 g/mol. The van der Waals surface area contributed by atoms with E-state index in [0.717, 1.165) is 30.7 Å². The first-order valence-corrected chi connectivity index (χ1v) is 7.63. The average molecular weight is 292 g/mol. The molecule has 6 nitrogen and oxygen atoms in total. The molecule has 0 spiro atoms. The van der Waals surface area contributed by atoms with Gasteiger partial charge in [-0.05, 0) is 39.8 Å². The fourth-order valence-electron chi connectivity index (χ4n) is 2.90. The molecule has 2 N–H and O–H groups in total. The van der Waals surface area contributed by atoms with Crippen LogP contribution in [0.4, 0.5) is 0 Å². The van der Waals surface area contributed by atoms with Crippen LogP contribution in [0.15, 0.2) is 4.99 Å². The third kappa shape index (κ3) is 3.97. The van der Waals surface area contributed by atoms with Crippen LogP contribution in [0.1, 0.15) is 23.4 Å². The van der Waals surface area contributed by atoms with E-state index in [0.29, 0.717) is 0 Å². The first-order valence-electron chi connectivity index (χ1n) is 7.63. The fraction of sp³-hybridized carbons (Fsp3) is 0.733. The summed E-state index contributed by atoms with van der Waals surface area (Å²) < 4.78 is 1.93. The van der Waals surface area contributed by atoms with Crippen LogP contribution in [0.3, 0.4) is 0 Å². The molecule has 0 aliphatic carbocycles. The number of nitrogens with one attached hydrogen (secondary N) is 2. The summed E-state index contributed by atoms with van der Waals surface area (Å²) in [7, 11) is 5.98. The minimum atomic E-state index is 0.718. The molecule has 1 saturated heterocycles. The van der Waals surface area contributed by atoms with Gasteiger partial charge in [-0.1, -0.05) is 0 Å². The Kier molecular flexibility index (Phi) is 5.22. The summed E-state index contributed by atoms with van der Waals surface area (Å²) in [5.41, 5.74) is 3.53. The highest BCUT2D eigenvalue weighted by molar-refractivity contribution is 5.79. The molecule has 0 saturated carbocycles. The highest BCUT2D eigenvalue weighted by atomic mass is 15.3. The SMILES string of the molecule is CN=C(NCc1c(C)nn(C)c1C)NCC1CCN(C)C1. The van der Waals surface area contributed by atoms with Crippen LogP contribution in [0, 0.1) is 19.8 Å². The Hall–Kier alpha value is -1.56. The lowest BCUT2D eigenvalue weighted by molar-refractivity contribution is 0.394. The number of guanidine groups is 1. The van der Waals surface area contributed by atoms with Crippen LogP contribution in [0.25, 0.3) is 0 Å². The van der Waals surface area contributed by atoms with Crippen molar-refractivity contribution in [3.63, 3.8) is 0 Å². The molecule has 0 radical (unpaired) electrons. The molecule has 1 fully saturated rings. The highest BCUT2D eigenvalue weighted by Gasteiger charge is 2.19. The van der Waals surface area contributed by atoms with E-state index in [4.69, 9.17) is 0 Å². The van der Waals surface area contributed by atoms with Crippen LogP contribution in [-0.2, 0) is 13.6 Å². The normalized spacial score (nSPS) is 20.0. The molecule has 1 aromatic heterocycles. The number of hydrogen-bond acceptors (Lipinski definition) is 3. The minimum absolute atomic E-state index is 0.718. The summed E-state index contributed by atoms with van der Waals surface area (Å²) in [5, 5.41) is 11.3. The molecule has 6 heteroatoms. The molecule has 0 aromatic carbocycles. The van der Waals surface area contributed by atoms with Gasteiger partial charge < -0.3 is 15.5 Å². The lowest BCUT2D eigenvalue weighted by atomic mass is 10.1. The number of hydrogen-bond donors (Lipinski definition) is 2. The van der Waals surface area contributed by atoms with E-state index in [2.05, 4.69) is 46.5 Å². The van der Waals surface area contributed by atoms with Gasteiger partial charge in [-0.2, -0.15) is 5.10 Å². The Bertz CT molecular complexity index is 505. The summed E-state index contributed by atoms with van der Waals surface area (Å²) in [6.45, 7) is 8.26. The Morgan fingerprint density at radius 3 is 2.62 bits per heavy atom. The van der Waals surface area contributed by atoms with Crippen LogP contribution >= 0.6 is 0 Å². The second-order valence-electron chi connectivity index (χ2n) is 6.00. The zero-order valence-corrected chi connectivity index (χ0v) is 13.9. The van der Waals surface area contributed by atoms with Crippen molar-refractivity contribution in [1.82, 2.24) is 25.3 Å². The molecule has 2 heterocycles. The second kappa shape index (κ2) is 6.93. The van der Waals surface area contributed by atoms with Gasteiger partial charge in [0.15, 0.2) is 5.96 Å². The van der Waals surface area contributed by atoms with Gasteiger partial charge in [0, 0.05) is 45.0 Å². The molecule has 118 valence electrons. The van der Waals surface area contributed by atoms with E-state index >= 15 is 0 Å². The predicted molar refractivity (Wildman–Crippen MR) is 86.5 cm³/mol. The van der Waals surface area contributed by atoms with E-state index in [1.165, 1.54) is 30.8 Å². The molecule has 1 aromatic rings. The van der Waals surface area contributed by atoms with Crippen LogP contribution in [0.2, 0.25) is 0 Å². The zero-order valence-electron chi connectivity index (χ0n) is 13.9. The van der Waals surface area contributed by atoms with Gasteiger partial charge in [-0.25, -0.2) is 0 Å². The molecule has 0 amide bonds. The summed E-state index contributed by atoms with van der Waals surface area (Å²) >= 11 is 0. The number of aryl methyl sites for hydroxylation is 2. The van der Waals surface area contributed by atoms with E-state index in [1.807, 2.05) is 18.8 Å². The minimum Gasteiger partial charge on any atom is -0.356 e. The number of likely N-dealkylation sites (tertiary alicyclic amines) is 1. The first kappa shape index (κ1) is 15.8. The lowest BCUT2D eigenvalue weighted by Gasteiger charge is -2.15. The molecule has 1 atom stereocenters. The van der Waals surface area contributed by atoms with Gasteiger partial charge in [0.1, 0.15) is 0 Å². The second-order valence-corrected chi connectivity index (χ2v) is 6.00. The zero-order chi connectivity index (χ0) is 15.4. The molecule has 0 bridgehead atoms. The van der Waals surface area contributed by atoms with Crippen molar-refractivity contribution in [3.05, 3.63) is 17.0 Å². The largest absolute Gasteiger partial charge is 0.356 e. The quantitative estimate of drug-likeness (QED) is 0.632. The smallest absolute Gasteiger partial charge is 0.191 e. The van der Waals surface area contributed by atoms with Gasteiger partial charge in [0.2, 0.25) is 0 Å². The molecule has 2 rings (SSSR count). The van der Waals surface area contributed by atoms with E-state index in [-0.39, 0.29) is 0 Å². The van der Waals surface area contributed by atoms with Crippen LogP contribution in [0.5, 0.6) is 0 Å². The van der Waals surface area contributed by atoms with Gasteiger partial charge >= 0.3 is 0 Å². The summed E-state index contributed by atoms with van der Waals surface area (Å²) in [6.07, 6.45) is 1.27. The molecular formula is C15H28N6. The van der Waals surface area contributed by atoms with Crippen molar-refractivity contribution >= 4 is 5.96 Å². The van der Waals surface area contributed by atoms with Gasteiger partial charge in [-0.15, -0.1) is 0 Å². The molecule has 21 heavy (non-hydrogen) atoms. The molecule has 1 unspecified atom stereocenters. The van der Waals surface area contributed by atoms with Crippen molar-refractivity contribution in [2.24, 2.45) is 18.0 Å². The maximum atomic E-state index is 4.44. The van der Waals surface area contributed by atoms with E-state index in [9.17, 15) is 0 Å². The van der Waals surface area contributed by atoms with Crippen molar-refractivity contribution < 1.29 is 0 Å². The average Bonchev–Trinajstić information content (AvgIpc) is 2.96. The first-order chi connectivity index (χ1) is 10.0. The number of rotatable bonds is 4. The Morgan fingerprint density at radius 1 is 1.33 bits per heavy atom. The Balaban J connectivity index is 1.83.